The molecule has 1 unspecified atom stereocenters. The van der Waals surface area contributed by atoms with Crippen molar-refractivity contribution in [2.75, 3.05) is 56.7 Å². The number of benzene rings is 1. The van der Waals surface area contributed by atoms with Gasteiger partial charge in [0.05, 0.1) is 25.0 Å². The number of aromatic nitrogens is 1. The number of anilines is 2. The van der Waals surface area contributed by atoms with Crippen molar-refractivity contribution < 1.29 is 23.5 Å². The van der Waals surface area contributed by atoms with E-state index in [4.69, 9.17) is 21.7 Å². The second-order valence-corrected chi connectivity index (χ2v) is 8.03. The number of hydrogen-bond donors (Lipinski definition) is 0. The van der Waals surface area contributed by atoms with Gasteiger partial charge in [-0.1, -0.05) is 0 Å². The number of likely N-dealkylation sites (N-methyl/N-ethyl adjacent to an activating group) is 1. The predicted molar refractivity (Wildman–Crippen MR) is 124 cm³/mol. The van der Waals surface area contributed by atoms with E-state index in [-0.39, 0.29) is 17.6 Å². The molecular formula is C22H24FN5O4S. The van der Waals surface area contributed by atoms with Gasteiger partial charge in [0.1, 0.15) is 5.82 Å². The van der Waals surface area contributed by atoms with Crippen molar-refractivity contribution in [3.8, 4) is 0 Å². The van der Waals surface area contributed by atoms with Crippen molar-refractivity contribution in [3.63, 3.8) is 0 Å². The number of hydrogen-bond acceptors (Lipinski definition) is 7. The fourth-order valence-electron chi connectivity index (χ4n) is 3.87. The van der Waals surface area contributed by atoms with Gasteiger partial charge in [0.15, 0.2) is 6.23 Å². The zero-order valence-corrected chi connectivity index (χ0v) is 19.1. The minimum absolute atomic E-state index is 0.0621. The molecule has 2 aliphatic rings. The van der Waals surface area contributed by atoms with Crippen LogP contribution in [0.3, 0.4) is 0 Å². The van der Waals surface area contributed by atoms with Crippen LogP contribution < -0.4 is 9.80 Å². The van der Waals surface area contributed by atoms with Crippen LogP contribution in [0, 0.1) is 5.82 Å². The number of carbonyl (C=O) groups is 2. The number of piperazine rings is 1. The molecule has 1 aromatic carbocycles. The summed E-state index contributed by atoms with van der Waals surface area (Å²) >= 11 is 5.07. The number of methoxy groups -OCH3 is 1. The van der Waals surface area contributed by atoms with Gasteiger partial charge in [-0.2, -0.15) is 0 Å². The number of halogens is 1. The number of pyridine rings is 1. The van der Waals surface area contributed by atoms with Crippen LogP contribution in [-0.2, 0) is 9.47 Å². The van der Waals surface area contributed by atoms with E-state index in [2.05, 4.69) is 4.98 Å². The summed E-state index contributed by atoms with van der Waals surface area (Å²) < 4.78 is 25.4. The summed E-state index contributed by atoms with van der Waals surface area (Å²) in [7, 11) is 3.10. The maximum atomic E-state index is 15.0. The van der Waals surface area contributed by atoms with E-state index < -0.39 is 18.1 Å². The zero-order valence-electron chi connectivity index (χ0n) is 18.3. The van der Waals surface area contributed by atoms with Gasteiger partial charge in [0.25, 0.3) is 11.1 Å². The summed E-state index contributed by atoms with van der Waals surface area (Å²) in [5.41, 5.74) is 1.41. The normalized spacial score (nSPS) is 18.2. The number of carbonyl (C=O) groups excluding carboxylic acids is 2. The first-order valence-electron chi connectivity index (χ1n) is 10.4. The Morgan fingerprint density at radius 3 is 2.55 bits per heavy atom. The van der Waals surface area contributed by atoms with Crippen molar-refractivity contribution in [2.24, 2.45) is 0 Å². The molecule has 2 saturated heterocycles. The number of cyclic esters (lactones) is 1. The van der Waals surface area contributed by atoms with E-state index in [0.717, 1.165) is 0 Å². The Morgan fingerprint density at radius 1 is 1.21 bits per heavy atom. The summed E-state index contributed by atoms with van der Waals surface area (Å²) in [4.78, 5) is 35.4. The lowest BCUT2D eigenvalue weighted by Crippen LogP contribution is -2.49. The first kappa shape index (κ1) is 22.7. The van der Waals surface area contributed by atoms with Crippen molar-refractivity contribution in [1.82, 2.24) is 14.8 Å². The summed E-state index contributed by atoms with van der Waals surface area (Å²) in [6.07, 6.45) is 1.96. The molecule has 0 aliphatic carbocycles. The van der Waals surface area contributed by atoms with Crippen LogP contribution in [0.1, 0.15) is 10.4 Å². The van der Waals surface area contributed by atoms with Crippen LogP contribution in [0.2, 0.25) is 0 Å². The molecule has 0 N–H and O–H groups in total. The smallest absolute Gasteiger partial charge is 0.416 e. The zero-order chi connectivity index (χ0) is 23.5. The molecule has 11 heteroatoms. The summed E-state index contributed by atoms with van der Waals surface area (Å²) in [5.74, 6) is -0.508. The molecule has 33 heavy (non-hydrogen) atoms. The largest absolute Gasteiger partial charge is 0.474 e. The van der Waals surface area contributed by atoms with Crippen molar-refractivity contribution in [3.05, 3.63) is 54.1 Å². The molecular weight excluding hydrogens is 449 g/mol. The van der Waals surface area contributed by atoms with Gasteiger partial charge in [-0.25, -0.2) is 9.18 Å². The molecule has 9 nitrogen and oxygen atoms in total. The molecule has 2 aliphatic heterocycles. The van der Waals surface area contributed by atoms with Crippen molar-refractivity contribution >= 4 is 40.8 Å². The summed E-state index contributed by atoms with van der Waals surface area (Å²) in [6, 6.07) is 8.02. The number of nitrogens with zero attached hydrogens (tertiary/aromatic N) is 5. The quantitative estimate of drug-likeness (QED) is 0.627. The SMILES string of the molecule is COC(=S)N(C)C1CN(c2ccc(N3CCN(C(=O)c4ccncc4)CC3)c(F)c2)C(=O)O1. The molecule has 2 amide bonds. The van der Waals surface area contributed by atoms with Gasteiger partial charge < -0.3 is 19.3 Å². The van der Waals surface area contributed by atoms with Gasteiger partial charge >= 0.3 is 6.09 Å². The number of rotatable bonds is 4. The Labute approximate surface area is 196 Å². The minimum Gasteiger partial charge on any atom is -0.474 e. The predicted octanol–water partition coefficient (Wildman–Crippen LogP) is 2.33. The highest BCUT2D eigenvalue weighted by atomic mass is 32.1. The lowest BCUT2D eigenvalue weighted by atomic mass is 10.2. The Morgan fingerprint density at radius 2 is 1.91 bits per heavy atom. The minimum atomic E-state index is -0.626. The molecule has 2 fully saturated rings. The molecule has 3 heterocycles. The fourth-order valence-corrected chi connectivity index (χ4v) is 3.99. The van der Waals surface area contributed by atoms with Crippen LogP contribution >= 0.6 is 12.2 Å². The number of ether oxygens (including phenoxy) is 2. The Balaban J connectivity index is 1.40. The number of thiocarbonyl (C=S) groups is 1. The van der Waals surface area contributed by atoms with Crippen LogP contribution in [0.15, 0.2) is 42.7 Å². The highest BCUT2D eigenvalue weighted by molar-refractivity contribution is 7.80. The van der Waals surface area contributed by atoms with E-state index in [1.807, 2.05) is 4.90 Å². The fraction of sp³-hybridized carbons (Fsp3) is 0.364. The maximum absolute atomic E-state index is 15.0. The number of amides is 2. The van der Waals surface area contributed by atoms with E-state index in [1.165, 1.54) is 23.0 Å². The van der Waals surface area contributed by atoms with E-state index in [1.54, 1.807) is 48.6 Å². The first-order chi connectivity index (χ1) is 15.9. The molecule has 0 spiro atoms. The summed E-state index contributed by atoms with van der Waals surface area (Å²) in [5, 5.41) is 0.192. The van der Waals surface area contributed by atoms with Gasteiger partial charge in [0, 0.05) is 51.2 Å². The van der Waals surface area contributed by atoms with E-state index >= 15 is 4.39 Å². The third-order valence-electron chi connectivity index (χ3n) is 5.77. The molecule has 174 valence electrons. The van der Waals surface area contributed by atoms with Gasteiger partial charge in [-0.15, -0.1) is 0 Å². The highest BCUT2D eigenvalue weighted by Crippen LogP contribution is 2.29. The average molecular weight is 474 g/mol. The van der Waals surface area contributed by atoms with Crippen LogP contribution in [0.4, 0.5) is 20.6 Å². The second kappa shape index (κ2) is 9.57. The molecule has 2 aromatic rings. The first-order valence-corrected chi connectivity index (χ1v) is 10.8. The van der Waals surface area contributed by atoms with Crippen LogP contribution in [-0.4, -0.2) is 85.1 Å². The average Bonchev–Trinajstić information content (AvgIpc) is 3.24. The molecule has 1 atom stereocenters. The second-order valence-electron chi connectivity index (χ2n) is 7.68. The molecule has 4 rings (SSSR count). The van der Waals surface area contributed by atoms with E-state index in [9.17, 15) is 9.59 Å². The topological polar surface area (TPSA) is 78.5 Å². The Hall–Kier alpha value is -3.47. The van der Waals surface area contributed by atoms with Crippen LogP contribution in [0.5, 0.6) is 0 Å². The standard InChI is InChI=1S/C22H24FN5O4S/c1-25(22(33)31-2)19-14-28(21(30)32-19)16-3-4-18(17(23)13-16)26-9-11-27(12-10-26)20(29)15-5-7-24-8-6-15/h3-8,13,19H,9-12,14H2,1-2H3. The monoisotopic (exact) mass is 473 g/mol. The van der Waals surface area contributed by atoms with Gasteiger partial charge in [-0.3, -0.25) is 19.6 Å². The molecule has 0 bridgehead atoms. The van der Waals surface area contributed by atoms with Crippen LogP contribution in [0.25, 0.3) is 0 Å². The third-order valence-corrected chi connectivity index (χ3v) is 6.22. The molecule has 0 radical (unpaired) electrons. The summed E-state index contributed by atoms with van der Waals surface area (Å²) in [6.45, 7) is 2.15. The maximum Gasteiger partial charge on any atom is 0.416 e. The lowest BCUT2D eigenvalue weighted by molar-refractivity contribution is 0.0677. The molecule has 1 aromatic heterocycles. The van der Waals surface area contributed by atoms with Crippen molar-refractivity contribution in [2.45, 2.75) is 6.23 Å². The van der Waals surface area contributed by atoms with Gasteiger partial charge in [-0.05, 0) is 42.5 Å². The third kappa shape index (κ3) is 4.68. The van der Waals surface area contributed by atoms with E-state index in [0.29, 0.717) is 43.1 Å². The van der Waals surface area contributed by atoms with Gasteiger partial charge in [0.2, 0.25) is 0 Å². The molecule has 0 saturated carbocycles. The Kier molecular flexibility index (Phi) is 6.59. The Bertz CT molecular complexity index is 1050. The highest BCUT2D eigenvalue weighted by Gasteiger charge is 2.36. The van der Waals surface area contributed by atoms with Crippen molar-refractivity contribution in [1.29, 1.82) is 0 Å². The lowest BCUT2D eigenvalue weighted by Gasteiger charge is -2.36.